The van der Waals surface area contributed by atoms with E-state index in [-0.39, 0.29) is 6.54 Å². The van der Waals surface area contributed by atoms with Gasteiger partial charge in [-0.25, -0.2) is 4.39 Å². The summed E-state index contributed by atoms with van der Waals surface area (Å²) in [5.74, 6) is -0.437. The van der Waals surface area contributed by atoms with E-state index in [1.807, 2.05) is 0 Å². The van der Waals surface area contributed by atoms with E-state index in [2.05, 4.69) is 20.7 Å². The van der Waals surface area contributed by atoms with Gasteiger partial charge in [0, 0.05) is 29.7 Å². The van der Waals surface area contributed by atoms with Crippen molar-refractivity contribution in [3.63, 3.8) is 0 Å². The van der Waals surface area contributed by atoms with E-state index in [0.717, 1.165) is 0 Å². The zero-order chi connectivity index (χ0) is 13.9. The third-order valence-electron chi connectivity index (χ3n) is 2.76. The molecule has 0 radical (unpaired) electrons. The van der Waals surface area contributed by atoms with E-state index < -0.39 is 16.0 Å². The Balaban J connectivity index is 2.02. The Bertz CT molecular complexity index is 547. The summed E-state index contributed by atoms with van der Waals surface area (Å²) >= 11 is 3.22. The summed E-state index contributed by atoms with van der Waals surface area (Å²) in [6.45, 7) is 1.32. The van der Waals surface area contributed by atoms with Crippen LogP contribution in [-0.2, 0) is 21.5 Å². The van der Waals surface area contributed by atoms with Crippen LogP contribution in [0.15, 0.2) is 22.7 Å². The normalized spacial score (nSPS) is 17.6. The van der Waals surface area contributed by atoms with Crippen molar-refractivity contribution >= 4 is 26.1 Å². The largest absolute Gasteiger partial charge is 0.379 e. The molecule has 2 rings (SSSR count). The lowest BCUT2D eigenvalue weighted by Crippen LogP contribution is -2.46. The summed E-state index contributed by atoms with van der Waals surface area (Å²) in [5.41, 5.74) is 0.297. The van der Waals surface area contributed by atoms with Gasteiger partial charge in [-0.15, -0.1) is 0 Å². The molecule has 1 aromatic rings. The molecule has 1 heterocycles. The molecule has 5 nitrogen and oxygen atoms in total. The molecule has 0 bridgehead atoms. The van der Waals surface area contributed by atoms with Gasteiger partial charge >= 0.3 is 0 Å². The molecule has 0 unspecified atom stereocenters. The first-order chi connectivity index (χ1) is 8.99. The van der Waals surface area contributed by atoms with Crippen LogP contribution in [0.3, 0.4) is 0 Å². The lowest BCUT2D eigenvalue weighted by Gasteiger charge is -2.26. The highest BCUT2D eigenvalue weighted by Gasteiger charge is 2.23. The van der Waals surface area contributed by atoms with Crippen molar-refractivity contribution in [1.82, 2.24) is 9.03 Å². The topological polar surface area (TPSA) is 58.6 Å². The maximum absolute atomic E-state index is 13.5. The molecule has 1 fully saturated rings. The molecule has 0 amide bonds. The quantitative estimate of drug-likeness (QED) is 0.887. The average Bonchev–Trinajstić information content (AvgIpc) is 2.41. The van der Waals surface area contributed by atoms with Crippen LogP contribution in [-0.4, -0.2) is 39.0 Å². The molecule has 0 aromatic heterocycles. The minimum atomic E-state index is -3.59. The summed E-state index contributed by atoms with van der Waals surface area (Å²) in [6.07, 6.45) is 0. The van der Waals surface area contributed by atoms with Gasteiger partial charge < -0.3 is 4.74 Å². The zero-order valence-corrected chi connectivity index (χ0v) is 12.5. The smallest absolute Gasteiger partial charge is 0.279 e. The fourth-order valence-electron chi connectivity index (χ4n) is 1.73. The molecule has 1 aromatic carbocycles. The number of halogens is 2. The van der Waals surface area contributed by atoms with Gasteiger partial charge in [-0.3, -0.25) is 0 Å². The van der Waals surface area contributed by atoms with Gasteiger partial charge in [-0.2, -0.15) is 17.4 Å². The van der Waals surface area contributed by atoms with Crippen LogP contribution in [0.2, 0.25) is 0 Å². The Labute approximate surface area is 120 Å². The highest BCUT2D eigenvalue weighted by Crippen LogP contribution is 2.16. The van der Waals surface area contributed by atoms with Gasteiger partial charge in [0.1, 0.15) is 5.82 Å². The van der Waals surface area contributed by atoms with Crippen LogP contribution >= 0.6 is 15.9 Å². The molecule has 1 aliphatic heterocycles. The van der Waals surface area contributed by atoms with E-state index in [9.17, 15) is 12.8 Å². The van der Waals surface area contributed by atoms with Crippen LogP contribution in [0.1, 0.15) is 5.56 Å². The summed E-state index contributed by atoms with van der Waals surface area (Å²) in [5, 5.41) is 0. The number of morpholine rings is 1. The van der Waals surface area contributed by atoms with Crippen LogP contribution in [0, 0.1) is 5.82 Å². The van der Waals surface area contributed by atoms with Crippen molar-refractivity contribution in [1.29, 1.82) is 0 Å². The molecule has 1 N–H and O–H groups in total. The number of nitrogens with one attached hydrogen (secondary N) is 1. The van der Waals surface area contributed by atoms with Crippen molar-refractivity contribution in [2.75, 3.05) is 26.3 Å². The monoisotopic (exact) mass is 352 g/mol. The van der Waals surface area contributed by atoms with Crippen LogP contribution < -0.4 is 4.72 Å². The minimum Gasteiger partial charge on any atom is -0.379 e. The molecule has 0 aliphatic carbocycles. The molecule has 0 saturated carbocycles. The van der Waals surface area contributed by atoms with Crippen molar-refractivity contribution < 1.29 is 17.5 Å². The first-order valence-corrected chi connectivity index (χ1v) is 7.99. The van der Waals surface area contributed by atoms with Gasteiger partial charge in [-0.1, -0.05) is 15.9 Å². The third-order valence-corrected chi connectivity index (χ3v) is 4.81. The highest BCUT2D eigenvalue weighted by atomic mass is 79.9. The number of hydrogen-bond acceptors (Lipinski definition) is 3. The zero-order valence-electron chi connectivity index (χ0n) is 10.1. The van der Waals surface area contributed by atoms with Crippen molar-refractivity contribution in [3.8, 4) is 0 Å². The van der Waals surface area contributed by atoms with E-state index in [4.69, 9.17) is 4.74 Å². The molecule has 19 heavy (non-hydrogen) atoms. The number of ether oxygens (including phenoxy) is 1. The van der Waals surface area contributed by atoms with Crippen molar-refractivity contribution in [2.45, 2.75) is 6.54 Å². The fourth-order valence-corrected chi connectivity index (χ4v) is 3.28. The third kappa shape index (κ3) is 3.96. The summed E-state index contributed by atoms with van der Waals surface area (Å²) < 4.78 is 46.9. The van der Waals surface area contributed by atoms with Crippen LogP contribution in [0.5, 0.6) is 0 Å². The van der Waals surface area contributed by atoms with Crippen molar-refractivity contribution in [3.05, 3.63) is 34.1 Å². The Kier molecular flexibility index (Phi) is 4.91. The molecular weight excluding hydrogens is 339 g/mol. The highest BCUT2D eigenvalue weighted by molar-refractivity contribution is 9.10. The molecule has 0 atom stereocenters. The van der Waals surface area contributed by atoms with Gasteiger partial charge in [0.2, 0.25) is 0 Å². The summed E-state index contributed by atoms with van der Waals surface area (Å²) in [6, 6.07) is 4.41. The van der Waals surface area contributed by atoms with Crippen LogP contribution in [0.25, 0.3) is 0 Å². The van der Waals surface area contributed by atoms with Crippen LogP contribution in [0.4, 0.5) is 4.39 Å². The SMILES string of the molecule is O=S(=O)(NCc1cc(Br)ccc1F)N1CCOCC1. The standard InChI is InChI=1S/C11H14BrFN2O3S/c12-10-1-2-11(13)9(7-10)8-14-19(16,17)15-3-5-18-6-4-15/h1-2,7,14H,3-6,8H2. The maximum atomic E-state index is 13.5. The molecule has 8 heteroatoms. The van der Waals surface area contributed by atoms with E-state index in [1.54, 1.807) is 12.1 Å². The van der Waals surface area contributed by atoms with Gasteiger partial charge in [0.05, 0.1) is 13.2 Å². The van der Waals surface area contributed by atoms with E-state index in [0.29, 0.717) is 36.3 Å². The Morgan fingerprint density at radius 1 is 1.37 bits per heavy atom. The Morgan fingerprint density at radius 2 is 2.05 bits per heavy atom. The van der Waals surface area contributed by atoms with Gasteiger partial charge in [0.25, 0.3) is 10.2 Å². The van der Waals surface area contributed by atoms with E-state index >= 15 is 0 Å². The number of nitrogens with zero attached hydrogens (tertiary/aromatic N) is 1. The van der Waals surface area contributed by atoms with Gasteiger partial charge in [0.15, 0.2) is 0 Å². The molecular formula is C11H14BrFN2O3S. The molecule has 1 aliphatic rings. The van der Waals surface area contributed by atoms with Crippen molar-refractivity contribution in [2.24, 2.45) is 0 Å². The molecule has 1 saturated heterocycles. The van der Waals surface area contributed by atoms with E-state index in [1.165, 1.54) is 10.4 Å². The summed E-state index contributed by atoms with van der Waals surface area (Å²) in [4.78, 5) is 0. The lowest BCUT2D eigenvalue weighted by atomic mass is 10.2. The number of rotatable bonds is 4. The minimum absolute atomic E-state index is 0.0784. The maximum Gasteiger partial charge on any atom is 0.279 e. The predicted molar refractivity (Wildman–Crippen MR) is 72.3 cm³/mol. The Hall–Kier alpha value is -0.540. The fraction of sp³-hybridized carbons (Fsp3) is 0.455. The first-order valence-electron chi connectivity index (χ1n) is 5.75. The number of hydrogen-bond donors (Lipinski definition) is 1. The second kappa shape index (κ2) is 6.27. The molecule has 0 spiro atoms. The molecule has 106 valence electrons. The summed E-state index contributed by atoms with van der Waals surface area (Å²) in [7, 11) is -3.59. The van der Waals surface area contributed by atoms with Gasteiger partial charge in [-0.05, 0) is 18.2 Å². The second-order valence-electron chi connectivity index (χ2n) is 4.07. The average molecular weight is 353 g/mol. The second-order valence-corrected chi connectivity index (χ2v) is 6.74. The predicted octanol–water partition coefficient (Wildman–Crippen LogP) is 1.25. The number of benzene rings is 1. The Morgan fingerprint density at radius 3 is 2.74 bits per heavy atom. The lowest BCUT2D eigenvalue weighted by molar-refractivity contribution is 0.0724. The first kappa shape index (κ1) is 14.9.